The molecule has 19 heavy (non-hydrogen) atoms. The van der Waals surface area contributed by atoms with Crippen LogP contribution in [0.25, 0.3) is 0 Å². The summed E-state index contributed by atoms with van der Waals surface area (Å²) in [6.45, 7) is 7.10. The van der Waals surface area contributed by atoms with E-state index in [1.54, 1.807) is 17.4 Å². The Kier molecular flexibility index (Phi) is 4.26. The molecule has 0 radical (unpaired) electrons. The lowest BCUT2D eigenvalue weighted by atomic mass is 9.98. The van der Waals surface area contributed by atoms with E-state index in [-0.39, 0.29) is 11.2 Å². The van der Waals surface area contributed by atoms with Crippen molar-refractivity contribution in [3.63, 3.8) is 0 Å². The molecule has 0 bridgehead atoms. The molecule has 1 aromatic heterocycles. The second-order valence-corrected chi connectivity index (χ2v) is 7.33. The summed E-state index contributed by atoms with van der Waals surface area (Å²) in [5.41, 5.74) is 0.846. The van der Waals surface area contributed by atoms with Crippen molar-refractivity contribution < 1.29 is 4.39 Å². The minimum Gasteiger partial charge on any atom is -0.380 e. The average Bonchev–Trinajstić information content (AvgIpc) is 2.79. The van der Waals surface area contributed by atoms with E-state index in [0.29, 0.717) is 11.0 Å². The number of rotatable bonds is 3. The highest BCUT2D eigenvalue weighted by Crippen LogP contribution is 2.27. The number of aromatic nitrogens is 1. The van der Waals surface area contributed by atoms with Crippen molar-refractivity contribution in [1.82, 2.24) is 4.98 Å². The Morgan fingerprint density at radius 2 is 2.11 bits per heavy atom. The molecule has 5 heteroatoms. The monoisotopic (exact) mass is 342 g/mol. The Morgan fingerprint density at radius 1 is 1.37 bits per heavy atom. The molecule has 0 saturated carbocycles. The fraction of sp³-hybridized carbons (Fsp3) is 0.357. The molecule has 0 spiro atoms. The first-order chi connectivity index (χ1) is 8.86. The topological polar surface area (TPSA) is 24.9 Å². The lowest BCUT2D eigenvalue weighted by Crippen LogP contribution is -2.09. The van der Waals surface area contributed by atoms with Crippen LogP contribution < -0.4 is 5.32 Å². The lowest BCUT2D eigenvalue weighted by Gasteiger charge is -2.13. The van der Waals surface area contributed by atoms with Crippen molar-refractivity contribution in [1.29, 1.82) is 0 Å². The maximum absolute atomic E-state index is 13.4. The smallest absolute Gasteiger partial charge is 0.139 e. The number of thiazole rings is 1. The fourth-order valence-electron chi connectivity index (χ4n) is 1.53. The first-order valence-corrected chi connectivity index (χ1v) is 7.61. The van der Waals surface area contributed by atoms with Gasteiger partial charge in [0.2, 0.25) is 0 Å². The van der Waals surface area contributed by atoms with Crippen LogP contribution in [-0.4, -0.2) is 4.98 Å². The van der Waals surface area contributed by atoms with Gasteiger partial charge in [0.25, 0.3) is 0 Å². The van der Waals surface area contributed by atoms with E-state index in [2.05, 4.69) is 47.0 Å². The number of nitrogens with one attached hydrogen (secondary N) is 1. The van der Waals surface area contributed by atoms with Gasteiger partial charge in [-0.05, 0) is 34.1 Å². The Bertz CT molecular complexity index is 575. The predicted octanol–water partition coefficient (Wildman–Crippen LogP) is 4.95. The molecule has 0 aliphatic carbocycles. The predicted molar refractivity (Wildman–Crippen MR) is 82.2 cm³/mol. The number of nitrogens with zero attached hydrogens (tertiary/aromatic N) is 1. The van der Waals surface area contributed by atoms with Crippen molar-refractivity contribution in [2.45, 2.75) is 32.7 Å². The molecule has 0 aliphatic rings. The molecule has 1 N–H and O–H groups in total. The molecule has 2 nitrogen and oxygen atoms in total. The molecule has 0 unspecified atom stereocenters. The highest BCUT2D eigenvalue weighted by molar-refractivity contribution is 9.10. The molecule has 0 fully saturated rings. The summed E-state index contributed by atoms with van der Waals surface area (Å²) < 4.78 is 13.8. The van der Waals surface area contributed by atoms with Gasteiger partial charge in [-0.25, -0.2) is 9.37 Å². The van der Waals surface area contributed by atoms with Crippen LogP contribution in [-0.2, 0) is 12.0 Å². The van der Waals surface area contributed by atoms with Crippen molar-refractivity contribution in [2.75, 3.05) is 5.32 Å². The van der Waals surface area contributed by atoms with Gasteiger partial charge in [-0.15, -0.1) is 11.3 Å². The number of hydrogen-bond acceptors (Lipinski definition) is 3. The molecule has 1 heterocycles. The van der Waals surface area contributed by atoms with Crippen LogP contribution in [0, 0.1) is 5.82 Å². The van der Waals surface area contributed by atoms with E-state index in [1.807, 2.05) is 12.3 Å². The zero-order chi connectivity index (χ0) is 14.0. The Balaban J connectivity index is 2.02. The Morgan fingerprint density at radius 3 is 2.68 bits per heavy atom. The van der Waals surface area contributed by atoms with E-state index in [4.69, 9.17) is 0 Å². The van der Waals surface area contributed by atoms with Gasteiger partial charge in [0.1, 0.15) is 5.82 Å². The molecule has 2 rings (SSSR count). The summed E-state index contributed by atoms with van der Waals surface area (Å²) in [6.07, 6.45) is 1.88. The van der Waals surface area contributed by atoms with Crippen LogP contribution >= 0.6 is 27.3 Å². The summed E-state index contributed by atoms with van der Waals surface area (Å²) in [6, 6.07) is 5.03. The van der Waals surface area contributed by atoms with Gasteiger partial charge in [-0.2, -0.15) is 0 Å². The highest BCUT2D eigenvalue weighted by Gasteiger charge is 2.17. The van der Waals surface area contributed by atoms with Crippen LogP contribution in [0.4, 0.5) is 10.1 Å². The normalized spacial score (nSPS) is 11.6. The number of halogens is 2. The summed E-state index contributed by atoms with van der Waals surface area (Å²) in [5.74, 6) is -0.260. The standard InChI is InChI=1S/C14H16BrFN2S/c1-14(2,3)13-18-8-10(19-13)7-17-9-4-5-11(15)12(16)6-9/h4-6,8,17H,7H2,1-3H3. The van der Waals surface area contributed by atoms with Crippen molar-refractivity contribution in [3.05, 3.63) is 44.6 Å². The van der Waals surface area contributed by atoms with Gasteiger partial charge in [0.05, 0.1) is 16.0 Å². The fourth-order valence-corrected chi connectivity index (χ4v) is 2.69. The molecular weight excluding hydrogens is 327 g/mol. The van der Waals surface area contributed by atoms with E-state index in [0.717, 1.165) is 15.6 Å². The van der Waals surface area contributed by atoms with E-state index >= 15 is 0 Å². The molecule has 1 aromatic carbocycles. The van der Waals surface area contributed by atoms with Crippen molar-refractivity contribution in [2.24, 2.45) is 0 Å². The van der Waals surface area contributed by atoms with Gasteiger partial charge in [0.15, 0.2) is 0 Å². The summed E-state index contributed by atoms with van der Waals surface area (Å²) in [5, 5.41) is 4.32. The van der Waals surface area contributed by atoms with Gasteiger partial charge < -0.3 is 5.32 Å². The van der Waals surface area contributed by atoms with Gasteiger partial charge >= 0.3 is 0 Å². The molecule has 0 atom stereocenters. The van der Waals surface area contributed by atoms with Gasteiger partial charge in [0, 0.05) is 22.2 Å². The van der Waals surface area contributed by atoms with Gasteiger partial charge in [-0.3, -0.25) is 0 Å². The van der Waals surface area contributed by atoms with E-state index in [9.17, 15) is 4.39 Å². The summed E-state index contributed by atoms with van der Waals surface area (Å²) in [4.78, 5) is 5.57. The number of hydrogen-bond donors (Lipinski definition) is 1. The van der Waals surface area contributed by atoms with Crippen LogP contribution in [0.15, 0.2) is 28.9 Å². The van der Waals surface area contributed by atoms with Crippen LogP contribution in [0.1, 0.15) is 30.7 Å². The lowest BCUT2D eigenvalue weighted by molar-refractivity contribution is 0.585. The van der Waals surface area contributed by atoms with Crippen molar-refractivity contribution in [3.8, 4) is 0 Å². The first kappa shape index (κ1) is 14.5. The Hall–Kier alpha value is -0.940. The summed E-state index contributed by atoms with van der Waals surface area (Å²) in [7, 11) is 0. The number of anilines is 1. The van der Waals surface area contributed by atoms with Gasteiger partial charge in [-0.1, -0.05) is 20.8 Å². The van der Waals surface area contributed by atoms with Crippen LogP contribution in [0.2, 0.25) is 0 Å². The molecule has 0 amide bonds. The molecule has 0 aliphatic heterocycles. The maximum atomic E-state index is 13.4. The third-order valence-corrected chi connectivity index (χ3v) is 4.65. The SMILES string of the molecule is CC(C)(C)c1ncc(CNc2ccc(Br)c(F)c2)s1. The largest absolute Gasteiger partial charge is 0.380 e. The average molecular weight is 343 g/mol. The van der Waals surface area contributed by atoms with Crippen LogP contribution in [0.3, 0.4) is 0 Å². The van der Waals surface area contributed by atoms with E-state index < -0.39 is 0 Å². The third-order valence-electron chi connectivity index (χ3n) is 2.58. The Labute approximate surface area is 125 Å². The second kappa shape index (κ2) is 5.59. The minimum absolute atomic E-state index is 0.0760. The number of benzene rings is 1. The molecule has 0 saturated heterocycles. The zero-order valence-corrected chi connectivity index (χ0v) is 13.5. The second-order valence-electron chi connectivity index (χ2n) is 5.36. The zero-order valence-electron chi connectivity index (χ0n) is 11.1. The molecular formula is C14H16BrFN2S. The minimum atomic E-state index is -0.260. The summed E-state index contributed by atoms with van der Waals surface area (Å²) >= 11 is 4.83. The first-order valence-electron chi connectivity index (χ1n) is 6.00. The highest BCUT2D eigenvalue weighted by atomic mass is 79.9. The molecule has 102 valence electrons. The quantitative estimate of drug-likeness (QED) is 0.853. The molecule has 2 aromatic rings. The maximum Gasteiger partial charge on any atom is 0.139 e. The van der Waals surface area contributed by atoms with E-state index in [1.165, 1.54) is 6.07 Å². The van der Waals surface area contributed by atoms with Crippen molar-refractivity contribution >= 4 is 33.0 Å². The van der Waals surface area contributed by atoms with Crippen LogP contribution in [0.5, 0.6) is 0 Å². The third kappa shape index (κ3) is 3.76.